The van der Waals surface area contributed by atoms with Gasteiger partial charge in [-0.05, 0) is 13.8 Å². The highest BCUT2D eigenvalue weighted by atomic mass is 16.3. The minimum atomic E-state index is -0.856. The number of H-pyrrole nitrogens is 1. The van der Waals surface area contributed by atoms with Crippen molar-refractivity contribution in [1.29, 1.82) is 0 Å². The van der Waals surface area contributed by atoms with E-state index in [1.54, 1.807) is 18.7 Å². The molecular weight excluding hydrogens is 234 g/mol. The molecule has 0 atom stereocenters. The first-order valence-electron chi connectivity index (χ1n) is 5.66. The van der Waals surface area contributed by atoms with Crippen molar-refractivity contribution in [2.75, 3.05) is 24.2 Å². The zero-order valence-corrected chi connectivity index (χ0v) is 10.7. The van der Waals surface area contributed by atoms with Crippen LogP contribution in [0.5, 0.6) is 0 Å². The summed E-state index contributed by atoms with van der Waals surface area (Å²) in [6.07, 6.45) is 0.403. The van der Waals surface area contributed by atoms with Crippen molar-refractivity contribution >= 4 is 23.2 Å². The quantitative estimate of drug-likeness (QED) is 0.687. The minimum absolute atomic E-state index is 0.0757. The van der Waals surface area contributed by atoms with Crippen LogP contribution in [0.2, 0.25) is 0 Å². The summed E-state index contributed by atoms with van der Waals surface area (Å²) in [5.74, 6) is 0.544. The fourth-order valence-electron chi connectivity index (χ4n) is 1.98. The average molecular weight is 251 g/mol. The second-order valence-electron chi connectivity index (χ2n) is 5.15. The lowest BCUT2D eigenvalue weighted by molar-refractivity contribution is 0.0883. The maximum atomic E-state index is 11.8. The summed E-state index contributed by atoms with van der Waals surface area (Å²) < 4.78 is 0. The molecule has 0 bridgehead atoms. The van der Waals surface area contributed by atoms with E-state index in [9.17, 15) is 9.90 Å². The maximum Gasteiger partial charge on any atom is 0.280 e. The van der Waals surface area contributed by atoms with Gasteiger partial charge in [0, 0.05) is 19.2 Å². The van der Waals surface area contributed by atoms with E-state index < -0.39 is 5.60 Å². The molecule has 7 heteroatoms. The molecule has 1 aromatic rings. The van der Waals surface area contributed by atoms with Crippen LogP contribution in [0, 0.1) is 0 Å². The van der Waals surface area contributed by atoms with Gasteiger partial charge in [-0.1, -0.05) is 0 Å². The van der Waals surface area contributed by atoms with Gasteiger partial charge in [0.15, 0.2) is 11.5 Å². The molecule has 2 rings (SSSR count). The van der Waals surface area contributed by atoms with Crippen molar-refractivity contribution in [3.05, 3.63) is 10.4 Å². The zero-order valence-electron chi connectivity index (χ0n) is 10.7. The molecule has 0 saturated heterocycles. The Morgan fingerprint density at radius 2 is 2.22 bits per heavy atom. The molecule has 0 unspecified atom stereocenters. The Balaban J connectivity index is 2.46. The number of anilines is 2. The van der Waals surface area contributed by atoms with Gasteiger partial charge < -0.3 is 15.7 Å². The van der Waals surface area contributed by atoms with Crippen LogP contribution < -0.4 is 16.2 Å². The summed E-state index contributed by atoms with van der Waals surface area (Å²) in [6.45, 7) is 3.93. The molecule has 18 heavy (non-hydrogen) atoms. The number of rotatable bonds is 2. The Hall–Kier alpha value is -1.89. The summed E-state index contributed by atoms with van der Waals surface area (Å²) in [6, 6.07) is 0. The molecule has 98 valence electrons. The van der Waals surface area contributed by atoms with Gasteiger partial charge in [-0.3, -0.25) is 9.78 Å². The Kier molecular flexibility index (Phi) is 2.86. The van der Waals surface area contributed by atoms with Crippen molar-refractivity contribution in [2.24, 2.45) is 4.99 Å². The van der Waals surface area contributed by atoms with E-state index in [0.717, 1.165) is 5.71 Å². The molecule has 0 aromatic carbocycles. The number of nitrogens with one attached hydrogen (secondary N) is 1. The second-order valence-corrected chi connectivity index (χ2v) is 5.15. The summed E-state index contributed by atoms with van der Waals surface area (Å²) in [4.78, 5) is 24.3. The largest absolute Gasteiger partial charge is 0.390 e. The third kappa shape index (κ3) is 2.51. The fraction of sp³-hybridized carbons (Fsp3) is 0.545. The average Bonchev–Trinajstić information content (AvgIpc) is 2.17. The van der Waals surface area contributed by atoms with Gasteiger partial charge in [0.25, 0.3) is 5.56 Å². The van der Waals surface area contributed by atoms with E-state index in [-0.39, 0.29) is 17.2 Å². The van der Waals surface area contributed by atoms with Gasteiger partial charge in [-0.25, -0.2) is 4.99 Å². The predicted molar refractivity (Wildman–Crippen MR) is 70.5 cm³/mol. The summed E-state index contributed by atoms with van der Waals surface area (Å²) in [5.41, 5.74) is 5.27. The van der Waals surface area contributed by atoms with Gasteiger partial charge in [0.1, 0.15) is 0 Å². The first-order chi connectivity index (χ1) is 8.26. The molecule has 0 aliphatic carbocycles. The van der Waals surface area contributed by atoms with Crippen molar-refractivity contribution in [2.45, 2.75) is 25.9 Å². The lowest BCUT2D eigenvalue weighted by Crippen LogP contribution is -2.35. The van der Waals surface area contributed by atoms with E-state index in [4.69, 9.17) is 5.73 Å². The number of hydrogen-bond acceptors (Lipinski definition) is 6. The van der Waals surface area contributed by atoms with Gasteiger partial charge >= 0.3 is 0 Å². The Bertz CT molecular complexity index is 556. The van der Waals surface area contributed by atoms with E-state index in [1.165, 1.54) is 0 Å². The van der Waals surface area contributed by atoms with Crippen LogP contribution in [-0.2, 0) is 0 Å². The number of fused-ring (bicyclic) bond motifs is 1. The molecule has 1 aliphatic heterocycles. The smallest absolute Gasteiger partial charge is 0.280 e. The van der Waals surface area contributed by atoms with Gasteiger partial charge in [0.05, 0.1) is 12.1 Å². The minimum Gasteiger partial charge on any atom is -0.390 e. The van der Waals surface area contributed by atoms with Crippen molar-refractivity contribution in [1.82, 2.24) is 9.97 Å². The number of aliphatic imine (C=N–C) groups is 1. The molecule has 1 aromatic heterocycles. The third-order valence-electron chi connectivity index (χ3n) is 2.58. The zero-order chi connectivity index (χ0) is 13.5. The standard InChI is InChI=1S/C11H17N5O2/c1-11(2,18)4-6-5-16(3)8-7(13-6)9(17)15-10(12)14-8/h18H,4-5H2,1-3H3,(H3,12,14,15,17). The van der Waals surface area contributed by atoms with Crippen LogP contribution >= 0.6 is 0 Å². The number of aromatic amines is 1. The highest BCUT2D eigenvalue weighted by Gasteiger charge is 2.25. The predicted octanol–water partition coefficient (Wildman–Crippen LogP) is 0.0354. The molecule has 0 fully saturated rings. The van der Waals surface area contributed by atoms with E-state index in [2.05, 4.69) is 15.0 Å². The first kappa shape index (κ1) is 12.6. The van der Waals surface area contributed by atoms with Crippen molar-refractivity contribution < 1.29 is 5.11 Å². The first-order valence-corrected chi connectivity index (χ1v) is 5.66. The topological polar surface area (TPSA) is 108 Å². The van der Waals surface area contributed by atoms with Gasteiger partial charge in [0.2, 0.25) is 5.95 Å². The van der Waals surface area contributed by atoms with E-state index in [1.807, 2.05) is 7.05 Å². The maximum absolute atomic E-state index is 11.8. The molecule has 7 nitrogen and oxygen atoms in total. The number of hydrogen-bond donors (Lipinski definition) is 3. The van der Waals surface area contributed by atoms with Gasteiger partial charge in [-0.15, -0.1) is 0 Å². The van der Waals surface area contributed by atoms with Crippen molar-refractivity contribution in [3.63, 3.8) is 0 Å². The summed E-state index contributed by atoms with van der Waals surface area (Å²) >= 11 is 0. The molecule has 0 amide bonds. The van der Waals surface area contributed by atoms with E-state index in [0.29, 0.717) is 18.8 Å². The molecule has 0 saturated carbocycles. The fourth-order valence-corrected chi connectivity index (χ4v) is 1.98. The lowest BCUT2D eigenvalue weighted by atomic mass is 10.0. The second kappa shape index (κ2) is 4.09. The normalized spacial score (nSPS) is 15.3. The number of aromatic nitrogens is 2. The Morgan fingerprint density at radius 1 is 1.56 bits per heavy atom. The Morgan fingerprint density at radius 3 is 2.83 bits per heavy atom. The van der Waals surface area contributed by atoms with Crippen LogP contribution in [0.1, 0.15) is 20.3 Å². The van der Waals surface area contributed by atoms with E-state index >= 15 is 0 Å². The number of nitrogens with two attached hydrogens (primary N) is 1. The van der Waals surface area contributed by atoms with Crippen LogP contribution in [0.15, 0.2) is 9.79 Å². The number of aliphatic hydroxyl groups is 1. The van der Waals surface area contributed by atoms with Crippen molar-refractivity contribution in [3.8, 4) is 0 Å². The summed E-state index contributed by atoms with van der Waals surface area (Å²) in [7, 11) is 1.81. The van der Waals surface area contributed by atoms with Crippen LogP contribution in [0.25, 0.3) is 0 Å². The molecular formula is C11H17N5O2. The highest BCUT2D eigenvalue weighted by molar-refractivity contribution is 5.95. The molecule has 2 heterocycles. The SMILES string of the molecule is CN1CC(CC(C)(C)O)=Nc2c1nc(N)[nH]c2=O. The number of nitrogen functional groups attached to an aromatic ring is 1. The van der Waals surface area contributed by atoms with Crippen LogP contribution in [-0.4, -0.2) is 40.0 Å². The summed E-state index contributed by atoms with van der Waals surface area (Å²) in [5, 5.41) is 9.80. The Labute approximate surface area is 104 Å². The lowest BCUT2D eigenvalue weighted by Gasteiger charge is -2.27. The third-order valence-corrected chi connectivity index (χ3v) is 2.58. The number of nitrogens with zero attached hydrogens (tertiary/aromatic N) is 3. The molecule has 0 radical (unpaired) electrons. The monoisotopic (exact) mass is 251 g/mol. The van der Waals surface area contributed by atoms with Gasteiger partial charge in [-0.2, -0.15) is 4.98 Å². The van der Waals surface area contributed by atoms with Crippen LogP contribution in [0.3, 0.4) is 0 Å². The molecule has 0 spiro atoms. The highest BCUT2D eigenvalue weighted by Crippen LogP contribution is 2.27. The molecule has 4 N–H and O–H groups in total. The van der Waals surface area contributed by atoms with Crippen LogP contribution in [0.4, 0.5) is 17.5 Å². The molecule has 1 aliphatic rings.